The van der Waals surface area contributed by atoms with E-state index in [4.69, 9.17) is 8.83 Å². The third-order valence-corrected chi connectivity index (χ3v) is 15.7. The number of fused-ring (bicyclic) bond motifs is 12. The quantitative estimate of drug-likeness (QED) is 0.160. The number of hydrogen-bond donors (Lipinski definition) is 0. The van der Waals surface area contributed by atoms with E-state index in [1.54, 1.807) is 0 Å². The van der Waals surface area contributed by atoms with Crippen LogP contribution in [-0.4, -0.2) is 9.13 Å². The smallest absolute Gasteiger partial charge is 0.135 e. The van der Waals surface area contributed by atoms with Crippen LogP contribution in [0, 0.1) is 0 Å². The molecule has 16 aromatic rings. The summed E-state index contributed by atoms with van der Waals surface area (Å²) < 4.78 is 17.3. The molecule has 0 spiro atoms. The predicted molar refractivity (Wildman–Crippen MR) is 317 cm³/mol. The molecule has 0 fully saturated rings. The van der Waals surface area contributed by atoms with E-state index in [1.807, 2.05) is 24.3 Å². The average Bonchev–Trinajstić information content (AvgIpc) is 4.29. The maximum absolute atomic E-state index is 6.21. The molecule has 0 unspecified atom stereocenters. The van der Waals surface area contributed by atoms with Gasteiger partial charge in [0, 0.05) is 65.6 Å². The molecule has 0 saturated heterocycles. The van der Waals surface area contributed by atoms with Crippen LogP contribution in [0.3, 0.4) is 0 Å². The van der Waals surface area contributed by atoms with Crippen LogP contribution >= 0.6 is 0 Å². The Labute approximate surface area is 437 Å². The van der Waals surface area contributed by atoms with Gasteiger partial charge < -0.3 is 18.0 Å². The second-order valence-corrected chi connectivity index (χ2v) is 20.0. The molecule has 0 aliphatic carbocycles. The molecule has 4 heterocycles. The van der Waals surface area contributed by atoms with Crippen molar-refractivity contribution in [2.45, 2.75) is 0 Å². The standard InChI is InChI=1S/C72H44N2O2/c1-5-31-65-57(23-1)61-29-13-27-55(71(61)73(65)53-21-11-17-47(41-53)49-35-37-69-63(43-49)59-25-3-7-33-67(59)75-69)51-19-9-15-45(39-51)46-16-10-20-52(40-46)56-28-14-30-62-58-24-2-6-32-66(58)74(72(56)62)54-22-12-18-48(42-54)50-36-38-70-64(44-50)60-26-4-8-34-68(60)76-70/h1-44H. The van der Waals surface area contributed by atoms with Gasteiger partial charge in [-0.2, -0.15) is 0 Å². The molecule has 354 valence electrons. The van der Waals surface area contributed by atoms with Crippen molar-refractivity contribution in [3.8, 4) is 67.0 Å². The SMILES string of the molecule is c1cc(-c2cccc(-c3cccc4c5ccccc5n(-c5cccc(-c6ccc7oc8ccccc8c7c6)c5)c34)c2)cc(-c2cccc3c4ccccc4n(-c4cccc(-c5ccc6oc7ccccc7c6c5)c4)c23)c1. The Morgan fingerprint density at radius 2 is 0.553 bits per heavy atom. The van der Waals surface area contributed by atoms with Gasteiger partial charge >= 0.3 is 0 Å². The van der Waals surface area contributed by atoms with Gasteiger partial charge in [-0.1, -0.05) is 182 Å². The maximum Gasteiger partial charge on any atom is 0.135 e. The van der Waals surface area contributed by atoms with Crippen LogP contribution in [0.5, 0.6) is 0 Å². The lowest BCUT2D eigenvalue weighted by Gasteiger charge is -2.15. The van der Waals surface area contributed by atoms with Crippen molar-refractivity contribution >= 4 is 87.5 Å². The van der Waals surface area contributed by atoms with Crippen molar-refractivity contribution in [3.63, 3.8) is 0 Å². The zero-order chi connectivity index (χ0) is 49.8. The summed E-state index contributed by atoms with van der Waals surface area (Å²) in [6, 6.07) is 96.8. The Hall–Kier alpha value is -10.2. The summed E-state index contributed by atoms with van der Waals surface area (Å²) in [5.74, 6) is 0. The highest BCUT2D eigenvalue weighted by atomic mass is 16.3. The molecule has 76 heavy (non-hydrogen) atoms. The van der Waals surface area contributed by atoms with E-state index in [2.05, 4.69) is 252 Å². The number of aromatic nitrogens is 2. The second-order valence-electron chi connectivity index (χ2n) is 20.0. The van der Waals surface area contributed by atoms with Crippen molar-refractivity contribution in [2.24, 2.45) is 0 Å². The maximum atomic E-state index is 6.21. The molecule has 0 aliphatic heterocycles. The van der Waals surface area contributed by atoms with E-state index in [0.717, 1.165) is 99.8 Å². The topological polar surface area (TPSA) is 36.1 Å². The molecule has 0 saturated carbocycles. The van der Waals surface area contributed by atoms with E-state index in [1.165, 1.54) is 54.7 Å². The summed E-state index contributed by atoms with van der Waals surface area (Å²) in [6.07, 6.45) is 0. The van der Waals surface area contributed by atoms with E-state index < -0.39 is 0 Å². The van der Waals surface area contributed by atoms with E-state index in [-0.39, 0.29) is 0 Å². The van der Waals surface area contributed by atoms with Gasteiger partial charge in [0.2, 0.25) is 0 Å². The van der Waals surface area contributed by atoms with Crippen LogP contribution < -0.4 is 0 Å². The number of rotatable bonds is 7. The highest BCUT2D eigenvalue weighted by molar-refractivity contribution is 6.16. The number of hydrogen-bond acceptors (Lipinski definition) is 2. The van der Waals surface area contributed by atoms with Gasteiger partial charge in [0.1, 0.15) is 22.3 Å². The third kappa shape index (κ3) is 6.57. The van der Waals surface area contributed by atoms with Gasteiger partial charge in [-0.3, -0.25) is 0 Å². The predicted octanol–water partition coefficient (Wildman–Crippen LogP) is 20.0. The zero-order valence-electron chi connectivity index (χ0n) is 41.1. The Kier molecular flexibility index (Phi) is 9.30. The number of para-hydroxylation sites is 6. The number of benzene rings is 12. The Morgan fingerprint density at radius 3 is 1.03 bits per heavy atom. The van der Waals surface area contributed by atoms with Crippen molar-refractivity contribution in [1.82, 2.24) is 9.13 Å². The van der Waals surface area contributed by atoms with Crippen LogP contribution in [0.15, 0.2) is 276 Å². The molecule has 0 amide bonds. The molecule has 16 rings (SSSR count). The monoisotopic (exact) mass is 968 g/mol. The summed E-state index contributed by atoms with van der Waals surface area (Å²) in [4.78, 5) is 0. The van der Waals surface area contributed by atoms with Gasteiger partial charge in [0.15, 0.2) is 0 Å². The van der Waals surface area contributed by atoms with Gasteiger partial charge in [-0.25, -0.2) is 0 Å². The minimum Gasteiger partial charge on any atom is -0.456 e. The first-order chi connectivity index (χ1) is 37.7. The molecular formula is C72H44N2O2. The summed E-state index contributed by atoms with van der Waals surface area (Å²) in [5.41, 5.74) is 22.1. The molecule has 0 N–H and O–H groups in total. The molecule has 4 nitrogen and oxygen atoms in total. The Morgan fingerprint density at radius 1 is 0.211 bits per heavy atom. The second kappa shape index (κ2) is 16.7. The third-order valence-electron chi connectivity index (χ3n) is 15.7. The zero-order valence-corrected chi connectivity index (χ0v) is 41.1. The number of nitrogens with zero attached hydrogens (tertiary/aromatic N) is 2. The molecule has 0 bridgehead atoms. The van der Waals surface area contributed by atoms with E-state index in [0.29, 0.717) is 0 Å². The summed E-state index contributed by atoms with van der Waals surface area (Å²) in [7, 11) is 0. The first kappa shape index (κ1) is 42.4. The van der Waals surface area contributed by atoms with Gasteiger partial charge in [0.25, 0.3) is 0 Å². The lowest BCUT2D eigenvalue weighted by molar-refractivity contribution is 0.668. The van der Waals surface area contributed by atoms with Crippen molar-refractivity contribution in [1.29, 1.82) is 0 Å². The lowest BCUT2D eigenvalue weighted by atomic mass is 9.94. The van der Waals surface area contributed by atoms with E-state index in [9.17, 15) is 0 Å². The van der Waals surface area contributed by atoms with E-state index >= 15 is 0 Å². The van der Waals surface area contributed by atoms with Crippen LogP contribution in [0.2, 0.25) is 0 Å². The van der Waals surface area contributed by atoms with Crippen molar-refractivity contribution in [3.05, 3.63) is 267 Å². The molecule has 0 aliphatic rings. The molecule has 0 radical (unpaired) electrons. The summed E-state index contributed by atoms with van der Waals surface area (Å²) >= 11 is 0. The number of furan rings is 2. The normalized spacial score (nSPS) is 11.9. The molecule has 0 atom stereocenters. The Balaban J connectivity index is 0.807. The largest absolute Gasteiger partial charge is 0.456 e. The first-order valence-corrected chi connectivity index (χ1v) is 26.0. The van der Waals surface area contributed by atoms with Crippen molar-refractivity contribution < 1.29 is 8.83 Å². The van der Waals surface area contributed by atoms with Crippen LogP contribution in [0.1, 0.15) is 0 Å². The lowest BCUT2D eigenvalue weighted by Crippen LogP contribution is -1.96. The fraction of sp³-hybridized carbons (Fsp3) is 0. The van der Waals surface area contributed by atoms with Crippen LogP contribution in [-0.2, 0) is 0 Å². The fourth-order valence-corrected chi connectivity index (χ4v) is 12.2. The van der Waals surface area contributed by atoms with Crippen LogP contribution in [0.4, 0.5) is 0 Å². The fourth-order valence-electron chi connectivity index (χ4n) is 12.2. The first-order valence-electron chi connectivity index (χ1n) is 26.0. The summed E-state index contributed by atoms with van der Waals surface area (Å²) in [6.45, 7) is 0. The minimum absolute atomic E-state index is 0.899. The van der Waals surface area contributed by atoms with Gasteiger partial charge in [-0.15, -0.1) is 0 Å². The van der Waals surface area contributed by atoms with Gasteiger partial charge in [0.05, 0.1) is 22.1 Å². The highest BCUT2D eigenvalue weighted by Gasteiger charge is 2.20. The van der Waals surface area contributed by atoms with Gasteiger partial charge in [-0.05, 0) is 129 Å². The highest BCUT2D eigenvalue weighted by Crippen LogP contribution is 2.43. The molecular weight excluding hydrogens is 925 g/mol. The van der Waals surface area contributed by atoms with Crippen molar-refractivity contribution in [2.75, 3.05) is 0 Å². The Bertz CT molecular complexity index is 4700. The molecule has 4 aromatic heterocycles. The minimum atomic E-state index is 0.899. The van der Waals surface area contributed by atoms with Crippen LogP contribution in [0.25, 0.3) is 154 Å². The summed E-state index contributed by atoms with van der Waals surface area (Å²) in [5, 5.41) is 9.40. The molecule has 12 aromatic carbocycles. The molecule has 4 heteroatoms. The average molecular weight is 969 g/mol.